The third-order valence-electron chi connectivity index (χ3n) is 3.11. The molecule has 0 saturated carbocycles. The van der Waals surface area contributed by atoms with E-state index in [1.807, 2.05) is 41.2 Å². The minimum atomic E-state index is -1.21. The molecule has 156 valence electrons. The first-order chi connectivity index (χ1) is 12.7. The zero-order valence-electron chi connectivity index (χ0n) is 17.1. The Morgan fingerprint density at radius 3 is 1.12 bits per heavy atom. The predicted octanol–water partition coefficient (Wildman–Crippen LogP) is 6.20. The Kier molecular flexibility index (Phi) is 21.3. The minimum Gasteiger partial charge on any atom is -0.393 e. The van der Waals surface area contributed by atoms with Crippen LogP contribution in [0.3, 0.4) is 0 Å². The summed E-state index contributed by atoms with van der Waals surface area (Å²) in [4.78, 5) is 0.910. The van der Waals surface area contributed by atoms with E-state index < -0.39 is 18.6 Å². The molecule has 0 heterocycles. The molecule has 0 aromatic carbocycles. The zero-order chi connectivity index (χ0) is 19.6. The summed E-state index contributed by atoms with van der Waals surface area (Å²) in [6.45, 7) is 15.6. The van der Waals surface area contributed by atoms with Gasteiger partial charge in [-0.3, -0.25) is 0 Å². The molecule has 0 N–H and O–H groups in total. The molecule has 0 aromatic rings. The SMILES string of the molecule is CCCC(SSSSC(CCC)[Si](OCC)OCC)[Si](OCC)OCC. The fraction of sp³-hybridized carbons (Fsp3) is 1.00. The topological polar surface area (TPSA) is 36.9 Å². The van der Waals surface area contributed by atoms with Crippen LogP contribution in [0.1, 0.15) is 67.2 Å². The summed E-state index contributed by atoms with van der Waals surface area (Å²) in [6.07, 6.45) is 4.60. The second kappa shape index (κ2) is 20.0. The third-order valence-corrected chi connectivity index (χ3v) is 16.5. The average molecular weight is 477 g/mol. The van der Waals surface area contributed by atoms with Gasteiger partial charge < -0.3 is 17.7 Å². The summed E-state index contributed by atoms with van der Waals surface area (Å²) in [7, 11) is 5.12. The van der Waals surface area contributed by atoms with Gasteiger partial charge in [-0.05, 0) is 60.2 Å². The summed E-state index contributed by atoms with van der Waals surface area (Å²) < 4.78 is 23.6. The largest absolute Gasteiger partial charge is 0.399 e. The highest BCUT2D eigenvalue weighted by Crippen LogP contribution is 2.49. The third kappa shape index (κ3) is 13.0. The van der Waals surface area contributed by atoms with Crippen LogP contribution in [0.15, 0.2) is 0 Å². The lowest BCUT2D eigenvalue weighted by Gasteiger charge is -2.23. The molecule has 2 atom stereocenters. The highest BCUT2D eigenvalue weighted by molar-refractivity contribution is 9.26. The Bertz CT molecular complexity index is 269. The van der Waals surface area contributed by atoms with Crippen molar-refractivity contribution in [1.29, 1.82) is 0 Å². The van der Waals surface area contributed by atoms with Crippen molar-refractivity contribution in [2.45, 2.75) is 77.0 Å². The monoisotopic (exact) mass is 476 g/mol. The van der Waals surface area contributed by atoms with Crippen LogP contribution in [-0.4, -0.2) is 54.7 Å². The lowest BCUT2D eigenvalue weighted by atomic mass is 10.4. The molecule has 2 unspecified atom stereocenters. The molecule has 0 aliphatic carbocycles. The Morgan fingerprint density at radius 1 is 0.577 bits per heavy atom. The molecule has 4 nitrogen and oxygen atoms in total. The summed E-state index contributed by atoms with van der Waals surface area (Å²) >= 11 is 0. The summed E-state index contributed by atoms with van der Waals surface area (Å²) in [5.41, 5.74) is 0. The van der Waals surface area contributed by atoms with Crippen molar-refractivity contribution in [2.24, 2.45) is 0 Å². The van der Waals surface area contributed by atoms with Gasteiger partial charge in [-0.15, -0.1) is 0 Å². The van der Waals surface area contributed by atoms with Crippen molar-refractivity contribution in [1.82, 2.24) is 0 Å². The van der Waals surface area contributed by atoms with Crippen LogP contribution >= 0.6 is 41.2 Å². The predicted molar refractivity (Wildman–Crippen MR) is 126 cm³/mol. The van der Waals surface area contributed by atoms with Crippen LogP contribution < -0.4 is 0 Å². The van der Waals surface area contributed by atoms with Crippen LogP contribution in [0.2, 0.25) is 0 Å². The molecule has 10 heteroatoms. The minimum absolute atomic E-state index is 0.455. The van der Waals surface area contributed by atoms with Gasteiger partial charge in [0.05, 0.1) is 9.75 Å². The average Bonchev–Trinajstić information content (AvgIpc) is 2.63. The molecule has 2 radical (unpaired) electrons. The fourth-order valence-electron chi connectivity index (χ4n) is 2.09. The quantitative estimate of drug-likeness (QED) is 0.124. The van der Waals surface area contributed by atoms with E-state index in [0.29, 0.717) is 9.75 Å². The van der Waals surface area contributed by atoms with Gasteiger partial charge in [-0.1, -0.05) is 48.3 Å². The Labute approximate surface area is 180 Å². The standard InChI is InChI=1S/C16H36O4S4Si2/c1-7-13-15(25(17-9-3)18-10-4)21-23-24-22-16(14-8-2)26(19-11-5)20-12-6/h15-16H,7-14H2,1-6H3. The molecule has 0 aromatic heterocycles. The smallest absolute Gasteiger partial charge is 0.393 e. The van der Waals surface area contributed by atoms with Gasteiger partial charge in [0.1, 0.15) is 0 Å². The molecule has 26 heavy (non-hydrogen) atoms. The second-order valence-corrected chi connectivity index (χ2v) is 16.1. The Morgan fingerprint density at radius 2 is 0.885 bits per heavy atom. The van der Waals surface area contributed by atoms with E-state index in [1.54, 1.807) is 0 Å². The summed E-state index contributed by atoms with van der Waals surface area (Å²) in [5, 5.41) is 0. The second-order valence-electron chi connectivity index (χ2n) is 5.25. The number of rotatable bonds is 19. The van der Waals surface area contributed by atoms with Crippen molar-refractivity contribution in [3.8, 4) is 0 Å². The molecule has 0 aliphatic rings. The number of hydrogen-bond acceptors (Lipinski definition) is 8. The lowest BCUT2D eigenvalue weighted by molar-refractivity contribution is 0.210. The molecular formula is C16H36O4S4Si2. The van der Waals surface area contributed by atoms with E-state index in [2.05, 4.69) is 41.5 Å². The van der Waals surface area contributed by atoms with E-state index in [-0.39, 0.29) is 0 Å². The van der Waals surface area contributed by atoms with Gasteiger partial charge in [-0.2, -0.15) is 0 Å². The van der Waals surface area contributed by atoms with Gasteiger partial charge >= 0.3 is 18.6 Å². The van der Waals surface area contributed by atoms with Crippen LogP contribution in [0.5, 0.6) is 0 Å². The maximum Gasteiger partial charge on any atom is 0.399 e. The molecule has 0 rings (SSSR count). The van der Waals surface area contributed by atoms with Crippen molar-refractivity contribution in [3.63, 3.8) is 0 Å². The van der Waals surface area contributed by atoms with Crippen LogP contribution in [-0.2, 0) is 17.7 Å². The lowest BCUT2D eigenvalue weighted by Crippen LogP contribution is -2.35. The molecule has 0 spiro atoms. The van der Waals surface area contributed by atoms with Gasteiger partial charge in [-0.25, -0.2) is 0 Å². The highest BCUT2D eigenvalue weighted by atomic mass is 33.7. The number of hydrogen-bond donors (Lipinski definition) is 0. The first-order valence-electron chi connectivity index (χ1n) is 9.58. The van der Waals surface area contributed by atoms with Crippen LogP contribution in [0, 0.1) is 0 Å². The van der Waals surface area contributed by atoms with E-state index >= 15 is 0 Å². The Balaban J connectivity index is 4.50. The van der Waals surface area contributed by atoms with Gasteiger partial charge in [0.25, 0.3) is 0 Å². The van der Waals surface area contributed by atoms with E-state index in [4.69, 9.17) is 17.7 Å². The van der Waals surface area contributed by atoms with Crippen molar-refractivity contribution in [2.75, 3.05) is 26.4 Å². The van der Waals surface area contributed by atoms with Crippen molar-refractivity contribution < 1.29 is 17.7 Å². The van der Waals surface area contributed by atoms with Crippen LogP contribution in [0.4, 0.5) is 0 Å². The normalized spacial score (nSPS) is 14.3. The maximum absolute atomic E-state index is 5.91. The van der Waals surface area contributed by atoms with Crippen LogP contribution in [0.25, 0.3) is 0 Å². The van der Waals surface area contributed by atoms with E-state index in [1.165, 1.54) is 0 Å². The van der Waals surface area contributed by atoms with E-state index in [0.717, 1.165) is 52.1 Å². The molecule has 0 saturated heterocycles. The van der Waals surface area contributed by atoms with Gasteiger partial charge in [0.2, 0.25) is 0 Å². The zero-order valence-corrected chi connectivity index (χ0v) is 22.3. The first kappa shape index (κ1) is 27.7. The molecule has 0 bridgehead atoms. The molecule has 0 aliphatic heterocycles. The van der Waals surface area contributed by atoms with Gasteiger partial charge in [0, 0.05) is 26.4 Å². The van der Waals surface area contributed by atoms with Crippen molar-refractivity contribution >= 4 is 59.8 Å². The molecular weight excluding hydrogens is 441 g/mol. The molecule has 0 amide bonds. The van der Waals surface area contributed by atoms with Gasteiger partial charge in [0.15, 0.2) is 0 Å². The molecule has 0 fully saturated rings. The summed E-state index contributed by atoms with van der Waals surface area (Å²) in [6, 6.07) is 0. The van der Waals surface area contributed by atoms with Crippen molar-refractivity contribution in [3.05, 3.63) is 0 Å². The van der Waals surface area contributed by atoms with E-state index in [9.17, 15) is 0 Å². The maximum atomic E-state index is 5.91. The Hall–Kier alpha value is 1.67. The first-order valence-corrected chi connectivity index (χ1v) is 17.3. The fourth-order valence-corrected chi connectivity index (χ4v) is 16.4. The summed E-state index contributed by atoms with van der Waals surface area (Å²) in [5.74, 6) is 0. The highest BCUT2D eigenvalue weighted by Gasteiger charge is 2.30.